The highest BCUT2D eigenvalue weighted by Gasteiger charge is 2.21. The van der Waals surface area contributed by atoms with Crippen LogP contribution < -0.4 is 15.4 Å². The van der Waals surface area contributed by atoms with E-state index in [1.54, 1.807) is 18.3 Å². The normalized spacial score (nSPS) is 16.1. The van der Waals surface area contributed by atoms with Gasteiger partial charge in [-0.2, -0.15) is 0 Å². The largest absolute Gasteiger partial charge is 0.439 e. The van der Waals surface area contributed by atoms with E-state index >= 15 is 0 Å². The monoisotopic (exact) mass is 385 g/mol. The van der Waals surface area contributed by atoms with E-state index < -0.39 is 6.10 Å². The molecule has 2 N–H and O–H groups in total. The zero-order chi connectivity index (χ0) is 16.1. The van der Waals surface area contributed by atoms with Crippen LogP contribution in [0, 0.1) is 6.92 Å². The third kappa shape index (κ3) is 6.17. The van der Waals surface area contributed by atoms with Gasteiger partial charge < -0.3 is 20.1 Å². The number of carbonyl (C=O) groups excluding carboxylic acids is 1. The van der Waals surface area contributed by atoms with Gasteiger partial charge in [-0.3, -0.25) is 4.79 Å². The van der Waals surface area contributed by atoms with Crippen LogP contribution in [0.4, 0.5) is 5.69 Å². The van der Waals surface area contributed by atoms with Crippen molar-refractivity contribution in [3.63, 3.8) is 0 Å². The zero-order valence-electron chi connectivity index (χ0n) is 13.7. The highest BCUT2D eigenvalue weighted by molar-refractivity contribution is 5.94. The predicted molar refractivity (Wildman–Crippen MR) is 101 cm³/mol. The minimum atomic E-state index is -0.466. The van der Waals surface area contributed by atoms with Gasteiger partial charge in [-0.25, -0.2) is 4.98 Å². The molecule has 0 saturated carbocycles. The van der Waals surface area contributed by atoms with Crippen LogP contribution in [-0.2, 0) is 9.53 Å². The van der Waals surface area contributed by atoms with Gasteiger partial charge in [0.2, 0.25) is 5.88 Å². The standard InChI is InChI=1S/C17H19N3O3.2ClH/c1-12-2-5-14(6-3-12)23-16-7-4-13(10-19-16)20-17(21)15-11-18-8-9-22-15;;/h2-7,10,15,18H,8-9,11H2,1H3,(H,20,21);2*1H. The highest BCUT2D eigenvalue weighted by atomic mass is 35.5. The number of morpholine rings is 1. The number of carbonyl (C=O) groups is 1. The Hall–Kier alpha value is -1.86. The van der Waals surface area contributed by atoms with Crippen molar-refractivity contribution in [3.8, 4) is 11.6 Å². The third-order valence-corrected chi connectivity index (χ3v) is 3.47. The lowest BCUT2D eigenvalue weighted by Crippen LogP contribution is -2.45. The van der Waals surface area contributed by atoms with Gasteiger partial charge in [0, 0.05) is 19.2 Å². The maximum atomic E-state index is 12.0. The van der Waals surface area contributed by atoms with Crippen molar-refractivity contribution in [1.82, 2.24) is 10.3 Å². The Labute approximate surface area is 159 Å². The molecular formula is C17H21Cl2N3O3. The number of aromatic nitrogens is 1. The molecule has 1 fully saturated rings. The lowest BCUT2D eigenvalue weighted by atomic mass is 10.2. The first kappa shape index (κ1) is 21.2. The molecular weight excluding hydrogens is 365 g/mol. The van der Waals surface area contributed by atoms with Gasteiger partial charge in [-0.15, -0.1) is 24.8 Å². The van der Waals surface area contributed by atoms with Crippen LogP contribution in [0.3, 0.4) is 0 Å². The molecule has 0 spiro atoms. The molecule has 3 rings (SSSR count). The number of benzene rings is 1. The van der Waals surface area contributed by atoms with Gasteiger partial charge in [0.05, 0.1) is 18.5 Å². The number of halogens is 2. The first-order valence-electron chi connectivity index (χ1n) is 7.54. The molecule has 25 heavy (non-hydrogen) atoms. The summed E-state index contributed by atoms with van der Waals surface area (Å²) < 4.78 is 11.1. The summed E-state index contributed by atoms with van der Waals surface area (Å²) in [6, 6.07) is 11.2. The number of pyridine rings is 1. The summed E-state index contributed by atoms with van der Waals surface area (Å²) in [4.78, 5) is 16.2. The molecule has 6 nitrogen and oxygen atoms in total. The van der Waals surface area contributed by atoms with Crippen LogP contribution in [0.1, 0.15) is 5.56 Å². The maximum Gasteiger partial charge on any atom is 0.254 e. The number of nitrogens with zero attached hydrogens (tertiary/aromatic N) is 1. The minimum Gasteiger partial charge on any atom is -0.439 e. The number of nitrogens with one attached hydrogen (secondary N) is 2. The fraction of sp³-hybridized carbons (Fsp3) is 0.294. The summed E-state index contributed by atoms with van der Waals surface area (Å²) in [5, 5.41) is 5.91. The summed E-state index contributed by atoms with van der Waals surface area (Å²) in [5.74, 6) is 1.02. The lowest BCUT2D eigenvalue weighted by molar-refractivity contribution is -0.128. The van der Waals surface area contributed by atoms with E-state index in [2.05, 4.69) is 15.6 Å². The molecule has 0 bridgehead atoms. The van der Waals surface area contributed by atoms with E-state index in [0.29, 0.717) is 24.7 Å². The van der Waals surface area contributed by atoms with E-state index in [1.807, 2.05) is 31.2 Å². The molecule has 0 radical (unpaired) electrons. The fourth-order valence-corrected chi connectivity index (χ4v) is 2.20. The van der Waals surface area contributed by atoms with Crippen molar-refractivity contribution in [2.24, 2.45) is 0 Å². The van der Waals surface area contributed by atoms with E-state index in [0.717, 1.165) is 12.3 Å². The average molecular weight is 386 g/mol. The van der Waals surface area contributed by atoms with E-state index in [-0.39, 0.29) is 30.7 Å². The molecule has 1 saturated heterocycles. The van der Waals surface area contributed by atoms with Gasteiger partial charge in [0.1, 0.15) is 11.9 Å². The fourth-order valence-electron chi connectivity index (χ4n) is 2.20. The Morgan fingerprint density at radius 1 is 1.24 bits per heavy atom. The van der Waals surface area contributed by atoms with Gasteiger partial charge >= 0.3 is 0 Å². The smallest absolute Gasteiger partial charge is 0.254 e. The summed E-state index contributed by atoms with van der Waals surface area (Å²) >= 11 is 0. The zero-order valence-corrected chi connectivity index (χ0v) is 15.4. The summed E-state index contributed by atoms with van der Waals surface area (Å²) in [6.07, 6.45) is 1.10. The SMILES string of the molecule is Cc1ccc(Oc2ccc(NC(=O)C3CNCCO3)cn2)cc1.Cl.Cl. The van der Waals surface area contributed by atoms with Crippen molar-refractivity contribution >= 4 is 36.4 Å². The van der Waals surface area contributed by atoms with Gasteiger partial charge in [-0.1, -0.05) is 17.7 Å². The average Bonchev–Trinajstić information content (AvgIpc) is 2.59. The second-order valence-electron chi connectivity index (χ2n) is 5.35. The van der Waals surface area contributed by atoms with Crippen LogP contribution >= 0.6 is 24.8 Å². The van der Waals surface area contributed by atoms with Crippen LogP contribution in [-0.4, -0.2) is 36.7 Å². The maximum absolute atomic E-state index is 12.0. The molecule has 8 heteroatoms. The van der Waals surface area contributed by atoms with Crippen molar-refractivity contribution in [3.05, 3.63) is 48.2 Å². The van der Waals surface area contributed by atoms with Crippen molar-refractivity contribution in [2.45, 2.75) is 13.0 Å². The van der Waals surface area contributed by atoms with E-state index in [1.165, 1.54) is 5.56 Å². The summed E-state index contributed by atoms with van der Waals surface area (Å²) in [5.41, 5.74) is 1.78. The lowest BCUT2D eigenvalue weighted by Gasteiger charge is -2.22. The van der Waals surface area contributed by atoms with Crippen LogP contribution in [0.2, 0.25) is 0 Å². The van der Waals surface area contributed by atoms with Gasteiger partial charge in [0.15, 0.2) is 0 Å². The van der Waals surface area contributed by atoms with Crippen molar-refractivity contribution in [2.75, 3.05) is 25.0 Å². The first-order chi connectivity index (χ1) is 11.2. The molecule has 2 aromatic rings. The molecule has 0 aliphatic carbocycles. The topological polar surface area (TPSA) is 72.5 Å². The second kappa shape index (κ2) is 10.2. The quantitative estimate of drug-likeness (QED) is 0.846. The first-order valence-corrected chi connectivity index (χ1v) is 7.54. The van der Waals surface area contributed by atoms with Gasteiger partial charge in [-0.05, 0) is 25.1 Å². The Morgan fingerprint density at radius 3 is 2.60 bits per heavy atom. The minimum absolute atomic E-state index is 0. The molecule has 1 amide bonds. The number of hydrogen-bond acceptors (Lipinski definition) is 5. The van der Waals surface area contributed by atoms with E-state index in [4.69, 9.17) is 9.47 Å². The number of rotatable bonds is 4. The molecule has 1 aliphatic rings. The number of aryl methyl sites for hydroxylation is 1. The van der Waals surface area contributed by atoms with Crippen molar-refractivity contribution in [1.29, 1.82) is 0 Å². The van der Waals surface area contributed by atoms with Crippen LogP contribution in [0.5, 0.6) is 11.6 Å². The Kier molecular flexibility index (Phi) is 8.65. The molecule has 1 unspecified atom stereocenters. The summed E-state index contributed by atoms with van der Waals surface area (Å²) in [7, 11) is 0. The Balaban J connectivity index is 0.00000156. The third-order valence-electron chi connectivity index (χ3n) is 3.47. The molecule has 136 valence electrons. The second-order valence-corrected chi connectivity index (χ2v) is 5.35. The van der Waals surface area contributed by atoms with Crippen LogP contribution in [0.15, 0.2) is 42.6 Å². The molecule has 1 aliphatic heterocycles. The molecule has 1 atom stereocenters. The number of ether oxygens (including phenoxy) is 2. The molecule has 1 aromatic heterocycles. The van der Waals surface area contributed by atoms with Gasteiger partial charge in [0.25, 0.3) is 5.91 Å². The highest BCUT2D eigenvalue weighted by Crippen LogP contribution is 2.20. The predicted octanol–water partition coefficient (Wildman–Crippen LogP) is 2.95. The molecule has 1 aromatic carbocycles. The van der Waals surface area contributed by atoms with Crippen LogP contribution in [0.25, 0.3) is 0 Å². The number of hydrogen-bond donors (Lipinski definition) is 2. The van der Waals surface area contributed by atoms with Crippen molar-refractivity contribution < 1.29 is 14.3 Å². The number of anilines is 1. The Morgan fingerprint density at radius 2 is 2.00 bits per heavy atom. The number of amides is 1. The molecule has 2 heterocycles. The Bertz CT molecular complexity index is 660. The van der Waals surface area contributed by atoms with E-state index in [9.17, 15) is 4.79 Å². The summed E-state index contributed by atoms with van der Waals surface area (Å²) in [6.45, 7) is 3.86.